The Labute approximate surface area is 549 Å². The molecule has 46 heteroatoms. The number of aliphatic imine (C=N–C) groups is 1. The van der Waals surface area contributed by atoms with Gasteiger partial charge < -0.3 is 69.3 Å². The van der Waals surface area contributed by atoms with Gasteiger partial charge in [-0.25, -0.2) is 24.0 Å². The Balaban J connectivity index is 0.00000222. The molecule has 5 rings (SSSR count). The molecule has 7 amide bonds. The van der Waals surface area contributed by atoms with Crippen LogP contribution in [0.15, 0.2) is 53.5 Å². The Morgan fingerprint density at radius 3 is 1.46 bits per heavy atom. The van der Waals surface area contributed by atoms with E-state index in [1.807, 2.05) is 24.3 Å². The largest absolute Gasteiger partial charge is 0.490 e. The van der Waals surface area contributed by atoms with Crippen molar-refractivity contribution in [1.82, 2.24) is 41.3 Å². The van der Waals surface area contributed by atoms with Gasteiger partial charge in [0.2, 0.25) is 35.4 Å². The average molecular weight is 1460 g/mol. The molecule has 0 unspecified atom stereocenters. The fourth-order valence-corrected chi connectivity index (χ4v) is 7.95. The first-order chi connectivity index (χ1) is 45.4. The summed E-state index contributed by atoms with van der Waals surface area (Å²) in [6.45, 7) is 8.80. The minimum atomic E-state index is -5.08. The number of hydrogen-bond acceptors (Lipinski definition) is 18. The number of nitrogens with one attached hydrogen (secondary N) is 6. The van der Waals surface area contributed by atoms with Gasteiger partial charge in [-0.1, -0.05) is 24.3 Å². The topological polar surface area (TPSA) is 482 Å². The molecule has 3 aliphatic rings. The van der Waals surface area contributed by atoms with Gasteiger partial charge in [-0.05, 0) is 69.8 Å². The minimum absolute atomic E-state index is 0.00136. The van der Waals surface area contributed by atoms with E-state index < -0.39 is 102 Å². The van der Waals surface area contributed by atoms with Gasteiger partial charge in [0.1, 0.15) is 12.1 Å². The van der Waals surface area contributed by atoms with Crippen LogP contribution in [0.25, 0.3) is 0 Å². The second kappa shape index (κ2) is 41.5. The number of carboxylic acids is 5. The van der Waals surface area contributed by atoms with Crippen LogP contribution >= 0.6 is 0 Å². The maximum Gasteiger partial charge on any atom is 0.490 e. The summed E-state index contributed by atoms with van der Waals surface area (Å²) >= 11 is 0. The van der Waals surface area contributed by atoms with Crippen molar-refractivity contribution >= 4 is 94.2 Å². The van der Waals surface area contributed by atoms with Crippen LogP contribution in [-0.2, 0) is 52.7 Å². The van der Waals surface area contributed by atoms with Crippen molar-refractivity contribution < 1.29 is 149 Å². The first-order valence-corrected chi connectivity index (χ1v) is 28.1. The van der Waals surface area contributed by atoms with Crippen LogP contribution in [0.3, 0.4) is 0 Å². The number of nitrogens with zero attached hydrogens (tertiary/aromatic N) is 5. The van der Waals surface area contributed by atoms with Crippen LogP contribution in [-0.4, -0.2) is 251 Å². The van der Waals surface area contributed by atoms with Gasteiger partial charge in [-0.2, -0.15) is 65.9 Å². The molecule has 2 fully saturated rings. The highest BCUT2D eigenvalue weighted by Gasteiger charge is 2.41. The number of piperazine rings is 1. The number of rotatable bonds is 20. The number of carboxylic acid groups (broad SMARTS) is 5. The molecule has 99 heavy (non-hydrogen) atoms. The van der Waals surface area contributed by atoms with Gasteiger partial charge in [0.25, 0.3) is 5.91 Å². The number of likely N-dealkylation sites (tertiary alicyclic amines) is 1. The molecule has 17 N–H and O–H groups in total. The van der Waals surface area contributed by atoms with Crippen LogP contribution in [0.4, 0.5) is 82.9 Å². The third kappa shape index (κ3) is 36.5. The lowest BCUT2D eigenvalue weighted by molar-refractivity contribution is -0.193. The summed E-state index contributed by atoms with van der Waals surface area (Å²) in [6.07, 6.45) is -23.0. The molecule has 0 radical (unpaired) electrons. The summed E-state index contributed by atoms with van der Waals surface area (Å²) in [5.41, 5.74) is 18.7. The number of benzene rings is 2. The Hall–Kier alpha value is -9.70. The lowest BCUT2D eigenvalue weighted by atomic mass is 10.0. The Bertz CT molecular complexity index is 2940. The zero-order chi connectivity index (χ0) is 76.6. The molecule has 0 spiro atoms. The van der Waals surface area contributed by atoms with Crippen molar-refractivity contribution in [1.29, 1.82) is 0 Å². The summed E-state index contributed by atoms with van der Waals surface area (Å²) < 4.78 is 159. The Morgan fingerprint density at radius 2 is 1.02 bits per heavy atom. The van der Waals surface area contributed by atoms with Crippen LogP contribution < -0.4 is 54.0 Å². The molecule has 0 aromatic heterocycles. The number of anilines is 3. The predicted molar refractivity (Wildman–Crippen MR) is 311 cm³/mol. The minimum Gasteiger partial charge on any atom is -0.475 e. The SMILES string of the molecule is CC(=O)N[C@H](CCCN)C(=O)NC(=O)[C@H](C)NC(=O)[C@@H](CCN=C(N)N)NCCN1CCN(CC(=O)NC2CCN(CC(=O)N3c4ccccc4NC(=O)c4ccccc43)CC2)CC1.O=C(O)C(F)(F)F.O=C(O)C(F)(F)F.O=C(O)C(F)(F)F.O=C(O)C(F)(F)F.O=C(O)C(F)(F)F. The molecule has 558 valence electrons. The maximum absolute atomic E-state index is 13.9. The van der Waals surface area contributed by atoms with Crippen molar-refractivity contribution in [3.8, 4) is 0 Å². The van der Waals surface area contributed by atoms with Crippen molar-refractivity contribution in [3.63, 3.8) is 0 Å². The fourth-order valence-electron chi connectivity index (χ4n) is 7.95. The molecule has 3 heterocycles. The Kier molecular flexibility index (Phi) is 37.5. The van der Waals surface area contributed by atoms with E-state index in [0.29, 0.717) is 87.7 Å². The number of hydrogen-bond donors (Lipinski definition) is 14. The van der Waals surface area contributed by atoms with E-state index in [0.717, 1.165) is 13.1 Å². The third-order valence-corrected chi connectivity index (χ3v) is 12.6. The highest BCUT2D eigenvalue weighted by atomic mass is 19.4. The van der Waals surface area contributed by atoms with E-state index in [-0.39, 0.29) is 62.2 Å². The highest BCUT2D eigenvalue weighted by Crippen LogP contribution is 2.38. The first kappa shape index (κ1) is 89.3. The standard InChI is InChI=1S/C43H64N14O7.5C2HF3O2/c1-28(39(61)53-42(64)34(10-7-16-44)50-29(2)58)49-41(63)33(13-17-48-43(45)46)47-18-21-54-22-24-56(25-23-54)26-37(59)51-30-14-19-55(20-15-30)27-38(60)57-35-11-5-3-8-31(35)40(62)52-32-9-4-6-12-36(32)57;5*3-2(4,5)1(6)7/h3-6,8-9,11-12,28,30,33-34,47H,7,10,13-27,44H2,1-2H3,(H,49,63)(H,50,58)(H,51,59)(H,52,62)(H4,45,46,48)(H,53,61,64);5*(H,6,7)/t28-,33+,34+;;;;;/m0...../s1. The van der Waals surface area contributed by atoms with E-state index in [1.54, 1.807) is 29.2 Å². The van der Waals surface area contributed by atoms with Crippen LogP contribution in [0.5, 0.6) is 0 Å². The van der Waals surface area contributed by atoms with E-state index in [9.17, 15) is 99.4 Å². The molecule has 31 nitrogen and oxygen atoms in total. The van der Waals surface area contributed by atoms with Crippen molar-refractivity contribution in [2.24, 2.45) is 22.2 Å². The molecule has 2 aromatic carbocycles. The van der Waals surface area contributed by atoms with Crippen molar-refractivity contribution in [3.05, 3.63) is 54.1 Å². The molecule has 2 aromatic rings. The second-order valence-electron chi connectivity index (χ2n) is 20.3. The monoisotopic (exact) mass is 1460 g/mol. The number of carbonyl (C=O) groups excluding carboxylic acids is 7. The first-order valence-electron chi connectivity index (χ1n) is 28.1. The van der Waals surface area contributed by atoms with Gasteiger partial charge >= 0.3 is 60.7 Å². The van der Waals surface area contributed by atoms with Crippen LogP contribution in [0.1, 0.15) is 56.3 Å². The summed E-state index contributed by atoms with van der Waals surface area (Å²) in [5, 5.41) is 52.4. The van der Waals surface area contributed by atoms with E-state index in [4.69, 9.17) is 66.7 Å². The van der Waals surface area contributed by atoms with Gasteiger partial charge in [-0.3, -0.25) is 63.5 Å². The van der Waals surface area contributed by atoms with E-state index >= 15 is 0 Å². The molecule has 3 aliphatic heterocycles. The number of imide groups is 1. The highest BCUT2D eigenvalue weighted by molar-refractivity contribution is 6.18. The maximum atomic E-state index is 13.9. The number of halogens is 15. The molecular formula is C53H69F15N14O17. The molecule has 3 atom stereocenters. The molecule has 0 aliphatic carbocycles. The number of alkyl halides is 15. The lowest BCUT2D eigenvalue weighted by Gasteiger charge is -2.36. The average Bonchev–Trinajstić information content (AvgIpc) is 1.68. The normalized spacial score (nSPS) is 15.2. The van der Waals surface area contributed by atoms with Crippen LogP contribution in [0, 0.1) is 0 Å². The third-order valence-electron chi connectivity index (χ3n) is 12.6. The summed E-state index contributed by atoms with van der Waals surface area (Å²) in [5.74, 6) is -16.7. The fraction of sp³-hybridized carbons (Fsp3) is 0.528. The number of carbonyl (C=O) groups is 12. The quantitative estimate of drug-likeness (QED) is 0.0504. The van der Waals surface area contributed by atoms with Gasteiger partial charge in [0, 0.05) is 71.9 Å². The van der Waals surface area contributed by atoms with Gasteiger partial charge in [0.05, 0.1) is 41.8 Å². The molecule has 0 bridgehead atoms. The lowest BCUT2D eigenvalue weighted by Crippen LogP contribution is -2.56. The number of guanidine groups is 1. The summed E-state index contributed by atoms with van der Waals surface area (Å²) in [4.78, 5) is 147. The number of para-hydroxylation sites is 3. The summed E-state index contributed by atoms with van der Waals surface area (Å²) in [7, 11) is 0. The number of nitrogens with two attached hydrogens (primary N) is 3. The number of fused-ring (bicyclic) bond motifs is 2. The zero-order valence-corrected chi connectivity index (χ0v) is 51.7. The van der Waals surface area contributed by atoms with Gasteiger partial charge in [0.15, 0.2) is 5.96 Å². The zero-order valence-electron chi connectivity index (χ0n) is 51.7. The molecule has 2 saturated heterocycles. The smallest absolute Gasteiger partial charge is 0.475 e. The molecule has 0 saturated carbocycles. The van der Waals surface area contributed by atoms with Gasteiger partial charge in [-0.15, -0.1) is 0 Å². The summed E-state index contributed by atoms with van der Waals surface area (Å²) in [6, 6.07) is 11.6. The van der Waals surface area contributed by atoms with Crippen LogP contribution in [0.2, 0.25) is 0 Å². The van der Waals surface area contributed by atoms with Crippen molar-refractivity contribution in [2.45, 2.75) is 101 Å². The predicted octanol–water partition coefficient (Wildman–Crippen LogP) is 1.29. The van der Waals surface area contributed by atoms with E-state index in [1.165, 1.54) is 13.8 Å². The number of aliphatic carboxylic acids is 5. The van der Waals surface area contributed by atoms with Crippen molar-refractivity contribution in [2.75, 3.05) is 88.8 Å². The Morgan fingerprint density at radius 1 is 0.586 bits per heavy atom. The number of piperidine rings is 1. The molecular weight excluding hydrogens is 1390 g/mol. The number of amides is 7. The second-order valence-corrected chi connectivity index (χ2v) is 20.3. The van der Waals surface area contributed by atoms with E-state index in [2.05, 4.69) is 51.6 Å².